The van der Waals surface area contributed by atoms with Crippen LogP contribution in [0.5, 0.6) is 0 Å². The molecule has 236 valence electrons. The maximum Gasteiger partial charge on any atom is 0.337 e. The first kappa shape index (κ1) is 33.0. The Balaban J connectivity index is 1.75. The molecule has 1 atom stereocenters. The molecule has 2 N–H and O–H groups in total. The van der Waals surface area contributed by atoms with Gasteiger partial charge in [0.05, 0.1) is 11.3 Å². The standard InChI is InChI=1S/C34H40F3N3O4/c1-19-27(21-8-10-22(11-9-21)31(41)38-18-24-25(36)16-23(35)17-26(24)37)29(40-14-12-34(6,7)13-15-40)28(20(2)39-19)30(32(42)43)44-33(3,4)5/h8-11,16-17,30H,12-15,18H2,1-7H3,(H,38,41)(H,42,43)/t30-/m0/s1. The topological polar surface area (TPSA) is 91.8 Å². The summed E-state index contributed by atoms with van der Waals surface area (Å²) in [4.78, 5) is 32.5. The third kappa shape index (κ3) is 7.41. The van der Waals surface area contributed by atoms with Gasteiger partial charge in [0.2, 0.25) is 0 Å². The number of benzene rings is 2. The number of carbonyl (C=O) groups is 2. The zero-order chi connectivity index (χ0) is 32.6. The molecule has 0 aliphatic carbocycles. The molecule has 2 heterocycles. The number of amides is 1. The Bertz CT molecular complexity index is 1530. The van der Waals surface area contributed by atoms with Crippen molar-refractivity contribution < 1.29 is 32.6 Å². The normalized spacial score (nSPS) is 15.6. The number of aliphatic carboxylic acids is 1. The Kier molecular flexibility index (Phi) is 9.44. The van der Waals surface area contributed by atoms with Gasteiger partial charge < -0.3 is 20.1 Å². The second kappa shape index (κ2) is 12.6. The van der Waals surface area contributed by atoms with E-state index in [4.69, 9.17) is 9.72 Å². The number of pyridine rings is 1. The van der Waals surface area contributed by atoms with Gasteiger partial charge in [0.15, 0.2) is 6.10 Å². The molecule has 3 aromatic rings. The lowest BCUT2D eigenvalue weighted by Gasteiger charge is -2.41. The van der Waals surface area contributed by atoms with Crippen molar-refractivity contribution in [3.8, 4) is 11.1 Å². The van der Waals surface area contributed by atoms with Crippen LogP contribution in [0.4, 0.5) is 18.9 Å². The van der Waals surface area contributed by atoms with Crippen molar-refractivity contribution in [1.82, 2.24) is 10.3 Å². The second-order valence-electron chi connectivity index (χ2n) is 13.1. The highest BCUT2D eigenvalue weighted by Crippen LogP contribution is 2.44. The number of hydrogen-bond donors (Lipinski definition) is 2. The largest absolute Gasteiger partial charge is 0.479 e. The summed E-state index contributed by atoms with van der Waals surface area (Å²) < 4.78 is 47.5. The van der Waals surface area contributed by atoms with E-state index >= 15 is 0 Å². The van der Waals surface area contributed by atoms with Crippen LogP contribution in [0.2, 0.25) is 0 Å². The van der Waals surface area contributed by atoms with Crippen molar-refractivity contribution >= 4 is 17.6 Å². The van der Waals surface area contributed by atoms with Crippen LogP contribution < -0.4 is 10.2 Å². The Morgan fingerprint density at radius 1 is 1.02 bits per heavy atom. The van der Waals surface area contributed by atoms with E-state index in [9.17, 15) is 27.9 Å². The quantitative estimate of drug-likeness (QED) is 0.278. The molecule has 44 heavy (non-hydrogen) atoms. The number of hydrogen-bond acceptors (Lipinski definition) is 5. The summed E-state index contributed by atoms with van der Waals surface area (Å²) in [6, 6.07) is 7.79. The molecule has 0 radical (unpaired) electrons. The van der Waals surface area contributed by atoms with Gasteiger partial charge in [-0.3, -0.25) is 9.78 Å². The molecule has 0 spiro atoms. The van der Waals surface area contributed by atoms with Crippen LogP contribution in [0.25, 0.3) is 11.1 Å². The van der Waals surface area contributed by atoms with E-state index in [0.717, 1.165) is 42.7 Å². The number of halogens is 3. The Labute approximate surface area is 256 Å². The summed E-state index contributed by atoms with van der Waals surface area (Å²) in [5.41, 5.74) is 3.21. The van der Waals surface area contributed by atoms with Crippen molar-refractivity contribution in [3.63, 3.8) is 0 Å². The molecule has 0 bridgehead atoms. The summed E-state index contributed by atoms with van der Waals surface area (Å²) in [6.45, 7) is 14.5. The second-order valence-corrected chi connectivity index (χ2v) is 13.1. The summed E-state index contributed by atoms with van der Waals surface area (Å²) in [5.74, 6) is -4.89. The highest BCUT2D eigenvalue weighted by atomic mass is 19.1. The number of piperidine rings is 1. The number of ether oxygens (including phenoxy) is 1. The molecule has 0 saturated carbocycles. The molecular formula is C34H40F3N3O4. The van der Waals surface area contributed by atoms with Crippen LogP contribution in [-0.2, 0) is 16.1 Å². The van der Waals surface area contributed by atoms with Crippen LogP contribution in [0.15, 0.2) is 36.4 Å². The number of carbonyl (C=O) groups excluding carboxylic acids is 1. The molecule has 1 aromatic heterocycles. The smallest absolute Gasteiger partial charge is 0.337 e. The van der Waals surface area contributed by atoms with Crippen LogP contribution >= 0.6 is 0 Å². The van der Waals surface area contributed by atoms with E-state index in [2.05, 4.69) is 24.1 Å². The lowest BCUT2D eigenvalue weighted by molar-refractivity contribution is -0.160. The van der Waals surface area contributed by atoms with E-state index < -0.39 is 53.1 Å². The first-order valence-electron chi connectivity index (χ1n) is 14.7. The van der Waals surface area contributed by atoms with Crippen molar-refractivity contribution in [3.05, 3.63) is 81.9 Å². The SMILES string of the molecule is Cc1nc(C)c([C@H](OC(C)(C)C)C(=O)O)c(N2CCC(C)(C)CC2)c1-c1ccc(C(=O)NCc2c(F)cc(F)cc2F)cc1. The highest BCUT2D eigenvalue weighted by Gasteiger charge is 2.36. The van der Waals surface area contributed by atoms with Crippen LogP contribution in [0.1, 0.15) is 86.4 Å². The summed E-state index contributed by atoms with van der Waals surface area (Å²) in [7, 11) is 0. The molecule has 2 aromatic carbocycles. The number of carboxylic acids is 1. The van der Waals surface area contributed by atoms with E-state index in [-0.39, 0.29) is 11.0 Å². The molecule has 1 fully saturated rings. The van der Waals surface area contributed by atoms with Gasteiger partial charge in [-0.2, -0.15) is 0 Å². The molecule has 1 aliphatic heterocycles. The Morgan fingerprint density at radius 2 is 1.59 bits per heavy atom. The van der Waals surface area contributed by atoms with Crippen molar-refractivity contribution in [2.45, 2.75) is 79.6 Å². The van der Waals surface area contributed by atoms with E-state index in [0.29, 0.717) is 29.1 Å². The van der Waals surface area contributed by atoms with E-state index in [1.807, 2.05) is 27.7 Å². The number of carboxylic acid groups (broad SMARTS) is 1. The third-order valence-corrected chi connectivity index (χ3v) is 7.94. The van der Waals surface area contributed by atoms with Crippen molar-refractivity contribution in [2.75, 3.05) is 18.0 Å². The number of rotatable bonds is 8. The zero-order valence-corrected chi connectivity index (χ0v) is 26.3. The average molecular weight is 612 g/mol. The number of nitrogens with one attached hydrogen (secondary N) is 1. The predicted molar refractivity (Wildman–Crippen MR) is 163 cm³/mol. The third-order valence-electron chi connectivity index (χ3n) is 7.94. The summed E-state index contributed by atoms with van der Waals surface area (Å²) in [5, 5.41) is 12.8. The summed E-state index contributed by atoms with van der Waals surface area (Å²) >= 11 is 0. The van der Waals surface area contributed by atoms with Gasteiger partial charge in [-0.1, -0.05) is 26.0 Å². The van der Waals surface area contributed by atoms with Crippen LogP contribution in [0.3, 0.4) is 0 Å². The molecule has 1 aliphatic rings. The maximum atomic E-state index is 14.0. The minimum absolute atomic E-state index is 0.150. The zero-order valence-electron chi connectivity index (χ0n) is 26.3. The predicted octanol–water partition coefficient (Wildman–Crippen LogP) is 7.28. The molecular weight excluding hydrogens is 571 g/mol. The van der Waals surface area contributed by atoms with Gasteiger partial charge in [0.1, 0.15) is 17.5 Å². The van der Waals surface area contributed by atoms with Crippen molar-refractivity contribution in [1.29, 1.82) is 0 Å². The molecule has 7 nitrogen and oxygen atoms in total. The average Bonchev–Trinajstić information content (AvgIpc) is 2.90. The van der Waals surface area contributed by atoms with Gasteiger partial charge >= 0.3 is 5.97 Å². The van der Waals surface area contributed by atoms with Crippen molar-refractivity contribution in [2.24, 2.45) is 5.41 Å². The fourth-order valence-corrected chi connectivity index (χ4v) is 5.56. The number of aryl methyl sites for hydroxylation is 2. The number of aromatic nitrogens is 1. The van der Waals surface area contributed by atoms with Crippen LogP contribution in [-0.4, -0.2) is 40.7 Å². The van der Waals surface area contributed by atoms with Gasteiger partial charge in [0, 0.05) is 65.4 Å². The molecule has 10 heteroatoms. The minimum Gasteiger partial charge on any atom is -0.479 e. The fourth-order valence-electron chi connectivity index (χ4n) is 5.56. The van der Waals surface area contributed by atoms with Crippen LogP contribution in [0, 0.1) is 36.7 Å². The number of anilines is 1. The lowest BCUT2D eigenvalue weighted by Crippen LogP contribution is -2.39. The van der Waals surface area contributed by atoms with Gasteiger partial charge in [-0.05, 0) is 70.6 Å². The molecule has 1 amide bonds. The Hall–Kier alpha value is -3.92. The molecule has 0 unspecified atom stereocenters. The fraction of sp³-hybridized carbons (Fsp3) is 0.441. The molecule has 1 saturated heterocycles. The monoisotopic (exact) mass is 611 g/mol. The highest BCUT2D eigenvalue weighted by molar-refractivity contribution is 5.95. The lowest BCUT2D eigenvalue weighted by atomic mass is 9.81. The molecule has 4 rings (SSSR count). The first-order chi connectivity index (χ1) is 20.5. The van der Waals surface area contributed by atoms with Gasteiger partial charge in [0.25, 0.3) is 5.91 Å². The minimum atomic E-state index is -1.26. The summed E-state index contributed by atoms with van der Waals surface area (Å²) in [6.07, 6.45) is 0.570. The van der Waals surface area contributed by atoms with E-state index in [1.54, 1.807) is 31.2 Å². The van der Waals surface area contributed by atoms with E-state index in [1.165, 1.54) is 0 Å². The maximum absolute atomic E-state index is 14.0. The number of nitrogens with zero attached hydrogens (tertiary/aromatic N) is 2. The van der Waals surface area contributed by atoms with Gasteiger partial charge in [-0.15, -0.1) is 0 Å². The Morgan fingerprint density at radius 3 is 2.11 bits per heavy atom. The van der Waals surface area contributed by atoms with Gasteiger partial charge in [-0.25, -0.2) is 18.0 Å². The first-order valence-corrected chi connectivity index (χ1v) is 14.7.